The van der Waals surface area contributed by atoms with Gasteiger partial charge in [-0.15, -0.1) is 0 Å². The summed E-state index contributed by atoms with van der Waals surface area (Å²) in [5.41, 5.74) is 2.15. The van der Waals surface area contributed by atoms with Gasteiger partial charge in [-0.05, 0) is 22.8 Å². The molecule has 3 aromatic rings. The van der Waals surface area contributed by atoms with E-state index in [1.54, 1.807) is 22.8 Å². The Hall–Kier alpha value is -3.35. The molecule has 1 aromatic heterocycles. The van der Waals surface area contributed by atoms with Crippen molar-refractivity contribution in [2.24, 2.45) is 12.0 Å². The van der Waals surface area contributed by atoms with Crippen molar-refractivity contribution >= 4 is 28.3 Å². The van der Waals surface area contributed by atoms with Crippen molar-refractivity contribution in [2.75, 3.05) is 38.1 Å². The monoisotopic (exact) mass is 390 g/mol. The average molecular weight is 390 g/mol. The van der Waals surface area contributed by atoms with Gasteiger partial charge >= 0.3 is 0 Å². The molecule has 0 aliphatic carbocycles. The summed E-state index contributed by atoms with van der Waals surface area (Å²) in [5, 5.41) is 10.1. The van der Waals surface area contributed by atoms with Crippen LogP contribution in [0, 0.1) is 0 Å². The molecular formula is C22H26N6O. The third-order valence-corrected chi connectivity index (χ3v) is 5.29. The van der Waals surface area contributed by atoms with Gasteiger partial charge in [-0.1, -0.05) is 42.5 Å². The van der Waals surface area contributed by atoms with E-state index in [1.165, 1.54) is 16.3 Å². The number of hydrogen-bond donors (Lipinski definition) is 1. The number of carbonyl (C=O) groups is 1. The molecule has 150 valence electrons. The lowest BCUT2D eigenvalue weighted by molar-refractivity contribution is -0.120. The fourth-order valence-electron chi connectivity index (χ4n) is 3.83. The molecule has 2 heterocycles. The second-order valence-electron chi connectivity index (χ2n) is 7.20. The molecule has 7 nitrogen and oxygen atoms in total. The molecule has 1 saturated heterocycles. The smallest absolute Gasteiger partial charge is 0.246 e. The molecule has 0 saturated carbocycles. The Kier molecular flexibility index (Phi) is 5.46. The molecule has 29 heavy (non-hydrogen) atoms. The van der Waals surface area contributed by atoms with Crippen LogP contribution < -0.4 is 10.2 Å². The minimum absolute atomic E-state index is 0.0567. The molecule has 2 aromatic carbocycles. The maximum atomic E-state index is 12.6. The summed E-state index contributed by atoms with van der Waals surface area (Å²) in [6, 6.07) is 14.8. The van der Waals surface area contributed by atoms with Crippen LogP contribution in [0.4, 0.5) is 5.69 Å². The van der Waals surface area contributed by atoms with Gasteiger partial charge in [0.25, 0.3) is 0 Å². The van der Waals surface area contributed by atoms with E-state index >= 15 is 0 Å². The third kappa shape index (κ3) is 4.08. The van der Waals surface area contributed by atoms with Crippen LogP contribution in [0.3, 0.4) is 0 Å². The number of hydrogen-bond acceptors (Lipinski definition) is 3. The molecule has 1 amide bonds. The maximum Gasteiger partial charge on any atom is 0.246 e. The zero-order chi connectivity index (χ0) is 20.2. The molecule has 1 aliphatic rings. The molecule has 0 unspecified atom stereocenters. The summed E-state index contributed by atoms with van der Waals surface area (Å²) in [7, 11) is 3.62. The van der Waals surface area contributed by atoms with Gasteiger partial charge in [-0.3, -0.25) is 14.5 Å². The lowest BCUT2D eigenvalue weighted by atomic mass is 10.0. The number of guanidine groups is 1. The zero-order valence-electron chi connectivity index (χ0n) is 16.9. The summed E-state index contributed by atoms with van der Waals surface area (Å²) in [6.07, 6.45) is 4.49. The summed E-state index contributed by atoms with van der Waals surface area (Å²) in [6.45, 7) is 2.42. The molecule has 0 bridgehead atoms. The fourth-order valence-corrected chi connectivity index (χ4v) is 3.83. The number of nitrogens with one attached hydrogen (secondary N) is 1. The number of fused-ring (bicyclic) bond motifs is 1. The quantitative estimate of drug-likeness (QED) is 0.547. The van der Waals surface area contributed by atoms with E-state index in [2.05, 4.69) is 57.9 Å². The first-order valence-electron chi connectivity index (χ1n) is 9.87. The first kappa shape index (κ1) is 19.0. The minimum atomic E-state index is 0.0567. The van der Waals surface area contributed by atoms with E-state index in [1.807, 2.05) is 18.1 Å². The van der Waals surface area contributed by atoms with Crippen LogP contribution in [0.15, 0.2) is 59.9 Å². The first-order chi connectivity index (χ1) is 14.2. The number of aryl methyl sites for hydroxylation is 1. The van der Waals surface area contributed by atoms with E-state index in [0.717, 1.165) is 31.2 Å². The van der Waals surface area contributed by atoms with Crippen LogP contribution in [0.1, 0.15) is 5.56 Å². The van der Waals surface area contributed by atoms with E-state index in [4.69, 9.17) is 0 Å². The van der Waals surface area contributed by atoms with Gasteiger partial charge in [0.2, 0.25) is 5.91 Å². The highest BCUT2D eigenvalue weighted by Crippen LogP contribution is 2.19. The Bertz CT molecular complexity index is 1040. The summed E-state index contributed by atoms with van der Waals surface area (Å²) < 4.78 is 1.71. The van der Waals surface area contributed by atoms with Crippen molar-refractivity contribution in [3.63, 3.8) is 0 Å². The highest BCUT2D eigenvalue weighted by molar-refractivity contribution is 5.98. The van der Waals surface area contributed by atoms with Crippen molar-refractivity contribution in [1.82, 2.24) is 20.0 Å². The minimum Gasteiger partial charge on any atom is -0.356 e. The Labute approximate surface area is 170 Å². The Morgan fingerprint density at radius 2 is 2.00 bits per heavy atom. The topological polar surface area (TPSA) is 65.8 Å². The number of aromatic nitrogens is 2. The SMILES string of the molecule is CN=C(NCCc1cccc2ccccc12)N1CCN(c2cnn(C)c2)C(=O)C1. The second-order valence-corrected chi connectivity index (χ2v) is 7.20. The van der Waals surface area contributed by atoms with Crippen LogP contribution >= 0.6 is 0 Å². The van der Waals surface area contributed by atoms with Crippen molar-refractivity contribution in [3.8, 4) is 0 Å². The highest BCUT2D eigenvalue weighted by Gasteiger charge is 2.27. The lowest BCUT2D eigenvalue weighted by Gasteiger charge is -2.35. The van der Waals surface area contributed by atoms with Gasteiger partial charge in [0.15, 0.2) is 5.96 Å². The molecule has 4 rings (SSSR count). The Balaban J connectivity index is 1.36. The Morgan fingerprint density at radius 1 is 1.17 bits per heavy atom. The number of carbonyl (C=O) groups excluding carboxylic acids is 1. The van der Waals surface area contributed by atoms with Crippen molar-refractivity contribution in [3.05, 3.63) is 60.4 Å². The number of piperazine rings is 1. The van der Waals surface area contributed by atoms with Gasteiger partial charge < -0.3 is 15.1 Å². The first-order valence-corrected chi connectivity index (χ1v) is 9.87. The van der Waals surface area contributed by atoms with E-state index in [0.29, 0.717) is 13.1 Å². The van der Waals surface area contributed by atoms with Crippen LogP contribution in [0.2, 0.25) is 0 Å². The number of benzene rings is 2. The van der Waals surface area contributed by atoms with Crippen LogP contribution in [-0.2, 0) is 18.3 Å². The third-order valence-electron chi connectivity index (χ3n) is 5.29. The molecule has 0 spiro atoms. The van der Waals surface area contributed by atoms with Gasteiger partial charge in [0, 0.05) is 39.9 Å². The summed E-state index contributed by atoms with van der Waals surface area (Å²) in [4.78, 5) is 20.8. The number of rotatable bonds is 4. The van der Waals surface area contributed by atoms with Crippen LogP contribution in [0.5, 0.6) is 0 Å². The normalized spacial score (nSPS) is 15.2. The second kappa shape index (κ2) is 8.34. The van der Waals surface area contributed by atoms with Gasteiger partial charge in [-0.25, -0.2) is 0 Å². The largest absolute Gasteiger partial charge is 0.356 e. The standard InChI is InChI=1S/C22H26N6O/c1-23-22(24-11-10-18-8-5-7-17-6-3-4-9-20(17)18)27-12-13-28(21(29)16-27)19-14-25-26(2)15-19/h3-9,14-15H,10-13,16H2,1-2H3,(H,23,24). The molecule has 1 N–H and O–H groups in total. The average Bonchev–Trinajstić information content (AvgIpc) is 3.17. The molecule has 1 aliphatic heterocycles. The van der Waals surface area contributed by atoms with E-state index in [9.17, 15) is 4.79 Å². The predicted octanol–water partition coefficient (Wildman–Crippen LogP) is 2.04. The van der Waals surface area contributed by atoms with Crippen LogP contribution in [-0.4, -0.2) is 59.8 Å². The number of aliphatic imine (C=N–C) groups is 1. The van der Waals surface area contributed by atoms with Crippen molar-refractivity contribution in [1.29, 1.82) is 0 Å². The number of amides is 1. The number of anilines is 1. The zero-order valence-corrected chi connectivity index (χ0v) is 16.9. The van der Waals surface area contributed by atoms with E-state index < -0.39 is 0 Å². The molecule has 7 heteroatoms. The predicted molar refractivity (Wildman–Crippen MR) is 116 cm³/mol. The van der Waals surface area contributed by atoms with E-state index in [-0.39, 0.29) is 5.91 Å². The van der Waals surface area contributed by atoms with Crippen LogP contribution in [0.25, 0.3) is 10.8 Å². The van der Waals surface area contributed by atoms with Gasteiger partial charge in [-0.2, -0.15) is 5.10 Å². The van der Waals surface area contributed by atoms with Gasteiger partial charge in [0.1, 0.15) is 6.54 Å². The Morgan fingerprint density at radius 3 is 2.76 bits per heavy atom. The molecule has 0 atom stereocenters. The summed E-state index contributed by atoms with van der Waals surface area (Å²) in [5.74, 6) is 0.825. The number of nitrogens with zero attached hydrogens (tertiary/aromatic N) is 5. The molecular weight excluding hydrogens is 364 g/mol. The maximum absolute atomic E-state index is 12.6. The molecule has 1 fully saturated rings. The highest BCUT2D eigenvalue weighted by atomic mass is 16.2. The molecule has 0 radical (unpaired) electrons. The lowest BCUT2D eigenvalue weighted by Crippen LogP contribution is -2.55. The van der Waals surface area contributed by atoms with Gasteiger partial charge in [0.05, 0.1) is 11.9 Å². The fraction of sp³-hybridized carbons (Fsp3) is 0.318. The van der Waals surface area contributed by atoms with Crippen molar-refractivity contribution in [2.45, 2.75) is 6.42 Å². The van der Waals surface area contributed by atoms with Crippen molar-refractivity contribution < 1.29 is 4.79 Å². The summed E-state index contributed by atoms with van der Waals surface area (Å²) >= 11 is 0.